The molecule has 2 aromatic rings. The number of hydrogen-bond donors (Lipinski definition) is 1. The Morgan fingerprint density at radius 3 is 2.89 bits per heavy atom. The van der Waals surface area contributed by atoms with E-state index in [0.29, 0.717) is 5.69 Å². The highest BCUT2D eigenvalue weighted by molar-refractivity contribution is 6.04. The molecule has 19 heavy (non-hydrogen) atoms. The molecule has 1 heterocycles. The lowest BCUT2D eigenvalue weighted by molar-refractivity contribution is 0.102. The largest absolute Gasteiger partial charge is 0.320 e. The van der Waals surface area contributed by atoms with E-state index in [-0.39, 0.29) is 5.91 Å². The number of rotatable bonds is 2. The van der Waals surface area contributed by atoms with E-state index in [1.54, 1.807) is 0 Å². The summed E-state index contributed by atoms with van der Waals surface area (Å²) in [5, 5.41) is 7.32. The minimum absolute atomic E-state index is 0.104. The van der Waals surface area contributed by atoms with E-state index < -0.39 is 0 Å². The van der Waals surface area contributed by atoms with Gasteiger partial charge in [0, 0.05) is 24.0 Å². The second-order valence-electron chi connectivity index (χ2n) is 5.02. The smallest absolute Gasteiger partial charge is 0.276 e. The van der Waals surface area contributed by atoms with Crippen LogP contribution in [0.3, 0.4) is 0 Å². The predicted octanol–water partition coefficient (Wildman–Crippen LogP) is 2.47. The summed E-state index contributed by atoms with van der Waals surface area (Å²) in [5.74, 6) is -0.104. The first-order valence-electron chi connectivity index (χ1n) is 6.58. The topological polar surface area (TPSA) is 46.9 Å². The van der Waals surface area contributed by atoms with Crippen LogP contribution < -0.4 is 5.32 Å². The number of fused-ring (bicyclic) bond motifs is 1. The molecule has 1 aromatic heterocycles. The molecule has 1 aromatic carbocycles. The van der Waals surface area contributed by atoms with E-state index in [4.69, 9.17) is 0 Å². The Hall–Kier alpha value is -2.10. The Morgan fingerprint density at radius 2 is 2.11 bits per heavy atom. The van der Waals surface area contributed by atoms with E-state index in [2.05, 4.69) is 10.4 Å². The Labute approximate surface area is 112 Å². The third-order valence-corrected chi connectivity index (χ3v) is 3.72. The van der Waals surface area contributed by atoms with Crippen LogP contribution in [0.15, 0.2) is 24.3 Å². The number of carbonyl (C=O) groups is 1. The molecule has 0 spiro atoms. The first kappa shape index (κ1) is 12.0. The Kier molecular flexibility index (Phi) is 2.85. The zero-order valence-electron chi connectivity index (χ0n) is 11.2. The summed E-state index contributed by atoms with van der Waals surface area (Å²) in [7, 11) is 1.91. The maximum atomic E-state index is 12.4. The fourth-order valence-electron chi connectivity index (χ4n) is 2.69. The van der Waals surface area contributed by atoms with Crippen LogP contribution in [0.1, 0.15) is 33.7 Å². The number of para-hydroxylation sites is 1. The minimum Gasteiger partial charge on any atom is -0.320 e. The fourth-order valence-corrected chi connectivity index (χ4v) is 2.69. The third-order valence-electron chi connectivity index (χ3n) is 3.72. The molecule has 1 aliphatic rings. The third kappa shape index (κ3) is 2.03. The van der Waals surface area contributed by atoms with Crippen molar-refractivity contribution in [1.82, 2.24) is 9.78 Å². The molecule has 0 unspecified atom stereocenters. The van der Waals surface area contributed by atoms with Gasteiger partial charge in [0.15, 0.2) is 5.69 Å². The number of amides is 1. The molecule has 4 heteroatoms. The van der Waals surface area contributed by atoms with Crippen LogP contribution in [-0.2, 0) is 19.9 Å². The number of nitrogens with one attached hydrogen (secondary N) is 1. The van der Waals surface area contributed by atoms with Crippen molar-refractivity contribution in [2.45, 2.75) is 26.2 Å². The van der Waals surface area contributed by atoms with Crippen LogP contribution in [0.2, 0.25) is 0 Å². The van der Waals surface area contributed by atoms with Crippen molar-refractivity contribution in [3.05, 3.63) is 46.8 Å². The lowest BCUT2D eigenvalue weighted by Gasteiger charge is -2.07. The van der Waals surface area contributed by atoms with Crippen LogP contribution in [-0.4, -0.2) is 15.7 Å². The maximum Gasteiger partial charge on any atom is 0.276 e. The second-order valence-corrected chi connectivity index (χ2v) is 5.02. The molecule has 0 fully saturated rings. The molecule has 1 aliphatic carbocycles. The number of aromatic nitrogens is 2. The molecule has 0 saturated heterocycles. The monoisotopic (exact) mass is 255 g/mol. The summed E-state index contributed by atoms with van der Waals surface area (Å²) >= 11 is 0. The number of benzene rings is 1. The van der Waals surface area contributed by atoms with Crippen molar-refractivity contribution in [3.8, 4) is 0 Å². The van der Waals surface area contributed by atoms with Gasteiger partial charge < -0.3 is 5.32 Å². The van der Waals surface area contributed by atoms with Gasteiger partial charge in [0.2, 0.25) is 0 Å². The van der Waals surface area contributed by atoms with Crippen molar-refractivity contribution in [1.29, 1.82) is 0 Å². The summed E-state index contributed by atoms with van der Waals surface area (Å²) in [4.78, 5) is 12.4. The molecule has 0 aliphatic heterocycles. The highest BCUT2D eigenvalue weighted by atomic mass is 16.2. The van der Waals surface area contributed by atoms with Crippen LogP contribution in [0, 0.1) is 6.92 Å². The van der Waals surface area contributed by atoms with Crippen molar-refractivity contribution < 1.29 is 4.79 Å². The van der Waals surface area contributed by atoms with Gasteiger partial charge in [0.1, 0.15) is 0 Å². The van der Waals surface area contributed by atoms with Gasteiger partial charge >= 0.3 is 0 Å². The highest BCUT2D eigenvalue weighted by Gasteiger charge is 2.25. The van der Waals surface area contributed by atoms with Crippen molar-refractivity contribution in [3.63, 3.8) is 0 Å². The number of hydrogen-bond acceptors (Lipinski definition) is 2. The quantitative estimate of drug-likeness (QED) is 0.896. The summed E-state index contributed by atoms with van der Waals surface area (Å²) < 4.78 is 1.84. The lowest BCUT2D eigenvalue weighted by Crippen LogP contribution is -2.15. The zero-order valence-corrected chi connectivity index (χ0v) is 11.2. The molecule has 98 valence electrons. The molecule has 0 saturated carbocycles. The molecule has 0 radical (unpaired) electrons. The van der Waals surface area contributed by atoms with Crippen molar-refractivity contribution in [2.75, 3.05) is 5.32 Å². The van der Waals surface area contributed by atoms with Gasteiger partial charge in [0.05, 0.1) is 0 Å². The molecule has 4 nitrogen and oxygen atoms in total. The van der Waals surface area contributed by atoms with Gasteiger partial charge in [-0.15, -0.1) is 0 Å². The van der Waals surface area contributed by atoms with Gasteiger partial charge in [-0.05, 0) is 37.8 Å². The van der Waals surface area contributed by atoms with E-state index in [1.165, 1.54) is 5.69 Å². The van der Waals surface area contributed by atoms with E-state index in [1.807, 2.05) is 42.9 Å². The van der Waals surface area contributed by atoms with Crippen molar-refractivity contribution >= 4 is 11.6 Å². The first-order chi connectivity index (χ1) is 9.16. The average molecular weight is 255 g/mol. The van der Waals surface area contributed by atoms with Crippen LogP contribution in [0.4, 0.5) is 5.69 Å². The zero-order chi connectivity index (χ0) is 13.4. The molecular weight excluding hydrogens is 238 g/mol. The highest BCUT2D eigenvalue weighted by Crippen LogP contribution is 2.25. The summed E-state index contributed by atoms with van der Waals surface area (Å²) in [6.45, 7) is 1.98. The average Bonchev–Trinajstić information content (AvgIpc) is 2.97. The van der Waals surface area contributed by atoms with E-state index >= 15 is 0 Å². The van der Waals surface area contributed by atoms with Gasteiger partial charge in [-0.3, -0.25) is 9.48 Å². The number of nitrogens with zero attached hydrogens (tertiary/aromatic N) is 2. The van der Waals surface area contributed by atoms with Gasteiger partial charge in [-0.25, -0.2) is 0 Å². The molecule has 0 atom stereocenters. The number of anilines is 1. The maximum absolute atomic E-state index is 12.4. The minimum atomic E-state index is -0.104. The first-order valence-corrected chi connectivity index (χ1v) is 6.58. The van der Waals surface area contributed by atoms with Gasteiger partial charge in [-0.1, -0.05) is 18.2 Å². The second kappa shape index (κ2) is 4.53. The molecule has 0 bridgehead atoms. The molecular formula is C15H17N3O. The van der Waals surface area contributed by atoms with Crippen LogP contribution >= 0.6 is 0 Å². The molecule has 3 rings (SSSR count). The van der Waals surface area contributed by atoms with E-state index in [9.17, 15) is 4.79 Å². The van der Waals surface area contributed by atoms with Crippen LogP contribution in [0.5, 0.6) is 0 Å². The fraction of sp³-hybridized carbons (Fsp3) is 0.333. The van der Waals surface area contributed by atoms with Gasteiger partial charge in [-0.2, -0.15) is 5.10 Å². The summed E-state index contributed by atoms with van der Waals surface area (Å²) in [6.07, 6.45) is 3.10. The Balaban J connectivity index is 1.90. The standard InChI is InChI=1S/C15H17N3O/c1-10-6-3-4-8-12(10)16-15(19)14-11-7-5-9-13(11)18(2)17-14/h3-4,6,8H,5,7,9H2,1-2H3,(H,16,19). The van der Waals surface area contributed by atoms with Crippen molar-refractivity contribution in [2.24, 2.45) is 7.05 Å². The lowest BCUT2D eigenvalue weighted by atomic mass is 10.1. The summed E-state index contributed by atoms with van der Waals surface area (Å²) in [6, 6.07) is 7.78. The number of aryl methyl sites for hydroxylation is 2. The SMILES string of the molecule is Cc1ccccc1NC(=O)c1nn(C)c2c1CCC2. The normalized spacial score (nSPS) is 13.4. The Morgan fingerprint density at radius 1 is 1.32 bits per heavy atom. The Bertz CT molecular complexity index is 643. The molecule has 1 N–H and O–H groups in total. The molecule has 1 amide bonds. The van der Waals surface area contributed by atoms with Crippen LogP contribution in [0.25, 0.3) is 0 Å². The van der Waals surface area contributed by atoms with Gasteiger partial charge in [0.25, 0.3) is 5.91 Å². The van der Waals surface area contributed by atoms with E-state index in [0.717, 1.165) is 36.1 Å². The summed E-state index contributed by atoms with van der Waals surface area (Å²) in [5.41, 5.74) is 4.81. The predicted molar refractivity (Wildman–Crippen MR) is 74.4 cm³/mol. The number of carbonyl (C=O) groups excluding carboxylic acids is 1.